The van der Waals surface area contributed by atoms with Crippen LogP contribution in [0.4, 0.5) is 4.39 Å². The number of hydrogen-bond donors (Lipinski definition) is 2. The van der Waals surface area contributed by atoms with Crippen LogP contribution in [-0.4, -0.2) is 27.2 Å². The van der Waals surface area contributed by atoms with Crippen molar-refractivity contribution in [2.45, 2.75) is 0 Å². The minimum atomic E-state index is -1.47. The number of carbonyl (C=O) groups excluding carboxylic acids is 1. The number of carboxylic acid groups (broad SMARTS) is 1. The van der Waals surface area contributed by atoms with E-state index >= 15 is 0 Å². The lowest BCUT2D eigenvalue weighted by atomic mass is 10.2. The van der Waals surface area contributed by atoms with Gasteiger partial charge in [-0.15, -0.1) is 10.2 Å². The zero-order chi connectivity index (χ0) is 14.7. The smallest absolute Gasteiger partial charge is 0.342 e. The van der Waals surface area contributed by atoms with Crippen molar-refractivity contribution in [3.05, 3.63) is 47.4 Å². The number of carboxylic acids is 1. The molecule has 102 valence electrons. The molecule has 0 saturated heterocycles. The maximum absolute atomic E-state index is 13.4. The molecule has 1 aromatic heterocycles. The lowest BCUT2D eigenvalue weighted by molar-refractivity contribution is 0.0688. The summed E-state index contributed by atoms with van der Waals surface area (Å²) in [7, 11) is 0. The number of aromatic nitrogens is 2. The highest BCUT2D eigenvalue weighted by atomic mass is 19.1. The van der Waals surface area contributed by atoms with Crippen molar-refractivity contribution < 1.29 is 23.8 Å². The first-order valence-corrected chi connectivity index (χ1v) is 5.32. The first kappa shape index (κ1) is 13.4. The third kappa shape index (κ3) is 2.69. The van der Waals surface area contributed by atoms with Crippen LogP contribution in [0.3, 0.4) is 0 Å². The van der Waals surface area contributed by atoms with E-state index < -0.39 is 23.3 Å². The van der Waals surface area contributed by atoms with Crippen LogP contribution >= 0.6 is 0 Å². The largest absolute Gasteiger partial charge is 0.477 e. The molecule has 20 heavy (non-hydrogen) atoms. The summed E-state index contributed by atoms with van der Waals surface area (Å²) in [4.78, 5) is 21.8. The van der Waals surface area contributed by atoms with Crippen LogP contribution in [0.2, 0.25) is 0 Å². The summed E-state index contributed by atoms with van der Waals surface area (Å²) in [5, 5.41) is 15.9. The summed E-state index contributed by atoms with van der Waals surface area (Å²) in [6.45, 7) is 0. The summed E-state index contributed by atoms with van der Waals surface area (Å²) in [6.07, 6.45) is 0. The minimum absolute atomic E-state index is 0.0740. The second kappa shape index (κ2) is 5.31. The van der Waals surface area contributed by atoms with E-state index in [1.54, 1.807) is 0 Å². The number of nitrogens with two attached hydrogens (primary N) is 1. The van der Waals surface area contributed by atoms with Crippen molar-refractivity contribution in [2.24, 2.45) is 5.73 Å². The number of aromatic carboxylic acids is 1. The molecule has 0 spiro atoms. The molecule has 1 aromatic carbocycles. The maximum atomic E-state index is 13.4. The highest BCUT2D eigenvalue weighted by Crippen LogP contribution is 2.25. The highest BCUT2D eigenvalue weighted by molar-refractivity contribution is 5.91. The molecule has 2 rings (SSSR count). The summed E-state index contributed by atoms with van der Waals surface area (Å²) >= 11 is 0. The number of hydrogen-bond acceptors (Lipinski definition) is 5. The van der Waals surface area contributed by atoms with Gasteiger partial charge in [0.15, 0.2) is 5.69 Å². The molecule has 1 heterocycles. The molecule has 0 unspecified atom stereocenters. The van der Waals surface area contributed by atoms with Crippen LogP contribution in [0.5, 0.6) is 11.6 Å². The third-order valence-electron chi connectivity index (χ3n) is 2.30. The Balaban J connectivity index is 2.33. The van der Waals surface area contributed by atoms with E-state index in [0.717, 1.165) is 6.07 Å². The SMILES string of the molecule is NC(=O)c1ccc(Oc2cccc(F)c2C(=O)O)nn1. The predicted octanol–water partition coefficient (Wildman–Crippen LogP) is 1.21. The Labute approximate surface area is 111 Å². The molecule has 8 heteroatoms. The normalized spacial score (nSPS) is 10.1. The maximum Gasteiger partial charge on any atom is 0.342 e. The molecule has 0 atom stereocenters. The van der Waals surface area contributed by atoms with Crippen molar-refractivity contribution in [3.8, 4) is 11.6 Å². The first-order valence-electron chi connectivity index (χ1n) is 5.32. The monoisotopic (exact) mass is 277 g/mol. The van der Waals surface area contributed by atoms with Gasteiger partial charge in [0.2, 0.25) is 5.88 Å². The topological polar surface area (TPSA) is 115 Å². The van der Waals surface area contributed by atoms with Gasteiger partial charge in [0.25, 0.3) is 5.91 Å². The number of carbonyl (C=O) groups is 2. The van der Waals surface area contributed by atoms with Gasteiger partial charge in [-0.3, -0.25) is 4.79 Å². The molecule has 0 saturated carbocycles. The van der Waals surface area contributed by atoms with Crippen molar-refractivity contribution in [1.29, 1.82) is 0 Å². The van der Waals surface area contributed by atoms with Crippen LogP contribution < -0.4 is 10.5 Å². The Morgan fingerprint density at radius 1 is 1.20 bits per heavy atom. The molecule has 0 aliphatic carbocycles. The number of nitrogens with zero attached hydrogens (tertiary/aromatic N) is 2. The summed E-state index contributed by atoms with van der Waals surface area (Å²) in [5.41, 5.74) is 4.30. The van der Waals surface area contributed by atoms with Gasteiger partial charge in [-0.25, -0.2) is 9.18 Å². The van der Waals surface area contributed by atoms with Gasteiger partial charge >= 0.3 is 5.97 Å². The predicted molar refractivity (Wildman–Crippen MR) is 64.0 cm³/mol. The molecule has 3 N–H and O–H groups in total. The minimum Gasteiger partial charge on any atom is -0.477 e. The molecule has 0 bridgehead atoms. The number of ether oxygens (including phenoxy) is 1. The van der Waals surface area contributed by atoms with Crippen LogP contribution in [0.1, 0.15) is 20.8 Å². The average molecular weight is 277 g/mol. The quantitative estimate of drug-likeness (QED) is 0.867. The van der Waals surface area contributed by atoms with Crippen LogP contribution in [0.25, 0.3) is 0 Å². The van der Waals surface area contributed by atoms with E-state index in [1.165, 1.54) is 24.3 Å². The van der Waals surface area contributed by atoms with Gasteiger partial charge in [-0.05, 0) is 18.2 Å². The fourth-order valence-electron chi connectivity index (χ4n) is 1.42. The molecule has 7 nitrogen and oxygen atoms in total. The molecular weight excluding hydrogens is 269 g/mol. The van der Waals surface area contributed by atoms with Crippen LogP contribution in [-0.2, 0) is 0 Å². The molecule has 0 aliphatic rings. The molecule has 0 aliphatic heterocycles. The number of amides is 1. The van der Waals surface area contributed by atoms with E-state index in [1.807, 2.05) is 0 Å². The summed E-state index contributed by atoms with van der Waals surface area (Å²) in [6, 6.07) is 6.09. The number of primary amides is 1. The Hall–Kier alpha value is -3.03. The van der Waals surface area contributed by atoms with Crippen molar-refractivity contribution in [1.82, 2.24) is 10.2 Å². The lowest BCUT2D eigenvalue weighted by Crippen LogP contribution is -2.13. The Kier molecular flexibility index (Phi) is 3.56. The zero-order valence-electron chi connectivity index (χ0n) is 9.91. The molecular formula is C12H8FN3O4. The van der Waals surface area contributed by atoms with E-state index in [-0.39, 0.29) is 17.3 Å². The van der Waals surface area contributed by atoms with Gasteiger partial charge in [-0.1, -0.05) is 6.07 Å². The molecule has 2 aromatic rings. The van der Waals surface area contributed by atoms with E-state index in [0.29, 0.717) is 0 Å². The van der Waals surface area contributed by atoms with Gasteiger partial charge in [0, 0.05) is 6.07 Å². The van der Waals surface area contributed by atoms with Gasteiger partial charge < -0.3 is 15.6 Å². The van der Waals surface area contributed by atoms with E-state index in [9.17, 15) is 14.0 Å². The van der Waals surface area contributed by atoms with E-state index in [4.69, 9.17) is 15.6 Å². The highest BCUT2D eigenvalue weighted by Gasteiger charge is 2.18. The number of rotatable bonds is 4. The second-order valence-electron chi connectivity index (χ2n) is 3.64. The van der Waals surface area contributed by atoms with Crippen molar-refractivity contribution in [2.75, 3.05) is 0 Å². The molecule has 0 radical (unpaired) electrons. The van der Waals surface area contributed by atoms with Gasteiger partial charge in [-0.2, -0.15) is 0 Å². The third-order valence-corrected chi connectivity index (χ3v) is 2.30. The second-order valence-corrected chi connectivity index (χ2v) is 3.64. The fourth-order valence-corrected chi connectivity index (χ4v) is 1.42. The van der Waals surface area contributed by atoms with Crippen molar-refractivity contribution >= 4 is 11.9 Å². The Morgan fingerprint density at radius 3 is 2.50 bits per heavy atom. The van der Waals surface area contributed by atoms with Crippen molar-refractivity contribution in [3.63, 3.8) is 0 Å². The van der Waals surface area contributed by atoms with Crippen LogP contribution in [0, 0.1) is 5.82 Å². The number of halogens is 1. The molecule has 0 fully saturated rings. The zero-order valence-corrected chi connectivity index (χ0v) is 9.91. The Morgan fingerprint density at radius 2 is 1.95 bits per heavy atom. The van der Waals surface area contributed by atoms with Crippen LogP contribution in [0.15, 0.2) is 30.3 Å². The fraction of sp³-hybridized carbons (Fsp3) is 0. The van der Waals surface area contributed by atoms with Gasteiger partial charge in [0.1, 0.15) is 17.1 Å². The summed E-state index contributed by atoms with van der Waals surface area (Å²) in [5.74, 6) is -3.49. The standard InChI is InChI=1S/C12H8FN3O4/c13-6-2-1-3-8(10(6)12(18)19)20-9-5-4-7(11(14)17)15-16-9/h1-5H,(H2,14,17)(H,18,19). The Bertz CT molecular complexity index is 673. The first-order chi connectivity index (χ1) is 9.49. The lowest BCUT2D eigenvalue weighted by Gasteiger charge is -2.07. The number of benzene rings is 1. The van der Waals surface area contributed by atoms with E-state index in [2.05, 4.69) is 10.2 Å². The average Bonchev–Trinajstić information content (AvgIpc) is 2.39. The van der Waals surface area contributed by atoms with Gasteiger partial charge in [0.05, 0.1) is 0 Å². The summed E-state index contributed by atoms with van der Waals surface area (Å²) < 4.78 is 18.6. The molecule has 1 amide bonds.